The number of hydrogen-bond donors (Lipinski definition) is 4. The Bertz CT molecular complexity index is 682. The second-order valence-corrected chi connectivity index (χ2v) is 7.57. The van der Waals surface area contributed by atoms with Crippen molar-refractivity contribution in [2.75, 3.05) is 13.1 Å². The van der Waals surface area contributed by atoms with Crippen LogP contribution in [0.3, 0.4) is 0 Å². The fourth-order valence-corrected chi connectivity index (χ4v) is 3.81. The van der Waals surface area contributed by atoms with E-state index < -0.39 is 53.8 Å². The van der Waals surface area contributed by atoms with Crippen LogP contribution in [0.15, 0.2) is 0 Å². The largest absolute Gasteiger partial charge is 0.480 e. The molecule has 2 aliphatic rings. The lowest BCUT2D eigenvalue weighted by molar-refractivity contribution is -0.152. The molecule has 0 bridgehead atoms. The smallest absolute Gasteiger partial charge is 0.326 e. The summed E-state index contributed by atoms with van der Waals surface area (Å²) in [6.45, 7) is 2.11. The number of carbonyl (C=O) groups excluding carboxylic acids is 4. The number of carbonyl (C=O) groups is 5. The van der Waals surface area contributed by atoms with Crippen LogP contribution in [-0.2, 0) is 24.0 Å². The van der Waals surface area contributed by atoms with E-state index in [0.29, 0.717) is 38.8 Å². The number of likely N-dealkylation sites (tertiary alicyclic amines) is 2. The Balaban J connectivity index is 2.16. The van der Waals surface area contributed by atoms with Gasteiger partial charge >= 0.3 is 5.97 Å². The quantitative estimate of drug-likeness (QED) is 0.362. The molecule has 0 saturated carbocycles. The Morgan fingerprint density at radius 1 is 1.07 bits per heavy atom. The Kier molecular flexibility index (Phi) is 7.54. The molecular formula is C18H29N5O6. The van der Waals surface area contributed by atoms with E-state index >= 15 is 0 Å². The van der Waals surface area contributed by atoms with Gasteiger partial charge in [-0.1, -0.05) is 0 Å². The molecule has 2 fully saturated rings. The van der Waals surface area contributed by atoms with Gasteiger partial charge in [0.05, 0.1) is 6.04 Å². The Labute approximate surface area is 168 Å². The summed E-state index contributed by atoms with van der Waals surface area (Å²) in [5.74, 6) is -3.13. The standard InChI is InChI=1S/C18H29N5O6/c1-10(19)15(25)21-11(6-7-14(20)24)16(26)22-8-2-4-12(22)17(27)23-9-3-5-13(23)18(28)29/h10-13H,2-9,19H2,1H3,(H2,20,24)(H,21,25)(H,28,29). The maximum atomic E-state index is 13.1. The van der Waals surface area contributed by atoms with Crippen molar-refractivity contribution in [1.82, 2.24) is 15.1 Å². The van der Waals surface area contributed by atoms with Gasteiger partial charge in [-0.05, 0) is 39.0 Å². The van der Waals surface area contributed by atoms with E-state index in [0.717, 1.165) is 0 Å². The summed E-state index contributed by atoms with van der Waals surface area (Å²) in [5.41, 5.74) is 10.7. The van der Waals surface area contributed by atoms with E-state index in [1.807, 2.05) is 0 Å². The number of carboxylic acids is 1. The first-order chi connectivity index (χ1) is 13.6. The molecule has 0 aromatic heterocycles. The fraction of sp³-hybridized carbons (Fsp3) is 0.722. The number of nitrogens with one attached hydrogen (secondary N) is 1. The van der Waals surface area contributed by atoms with Crippen molar-refractivity contribution < 1.29 is 29.1 Å². The molecule has 2 heterocycles. The van der Waals surface area contributed by atoms with Crippen LogP contribution in [0.2, 0.25) is 0 Å². The first-order valence-corrected chi connectivity index (χ1v) is 9.81. The molecule has 0 aliphatic carbocycles. The molecule has 0 spiro atoms. The van der Waals surface area contributed by atoms with Gasteiger partial charge in [-0.3, -0.25) is 19.2 Å². The highest BCUT2D eigenvalue weighted by Gasteiger charge is 2.43. The average molecular weight is 411 g/mol. The molecule has 4 unspecified atom stereocenters. The predicted octanol–water partition coefficient (Wildman–Crippen LogP) is -1.85. The fourth-order valence-electron chi connectivity index (χ4n) is 3.81. The minimum Gasteiger partial charge on any atom is -0.480 e. The molecule has 6 N–H and O–H groups in total. The van der Waals surface area contributed by atoms with E-state index in [2.05, 4.69) is 5.32 Å². The number of aliphatic carboxylic acids is 1. The minimum absolute atomic E-state index is 0.00843. The zero-order valence-corrected chi connectivity index (χ0v) is 16.5. The van der Waals surface area contributed by atoms with Crippen LogP contribution in [0.5, 0.6) is 0 Å². The van der Waals surface area contributed by atoms with Crippen molar-refractivity contribution in [3.63, 3.8) is 0 Å². The average Bonchev–Trinajstić information content (AvgIpc) is 3.32. The summed E-state index contributed by atoms with van der Waals surface area (Å²) >= 11 is 0. The molecular weight excluding hydrogens is 382 g/mol. The number of primary amides is 1. The number of nitrogens with two attached hydrogens (primary N) is 2. The van der Waals surface area contributed by atoms with Crippen molar-refractivity contribution in [3.05, 3.63) is 0 Å². The summed E-state index contributed by atoms with van der Waals surface area (Å²) in [7, 11) is 0. The third kappa shape index (κ3) is 5.43. The van der Waals surface area contributed by atoms with Gasteiger partial charge in [0.1, 0.15) is 18.1 Å². The van der Waals surface area contributed by atoms with Crippen LogP contribution >= 0.6 is 0 Å². The maximum absolute atomic E-state index is 13.1. The van der Waals surface area contributed by atoms with Crippen LogP contribution in [0.4, 0.5) is 0 Å². The number of rotatable bonds is 8. The van der Waals surface area contributed by atoms with Gasteiger partial charge in [0, 0.05) is 19.5 Å². The summed E-state index contributed by atoms with van der Waals surface area (Å²) in [6, 6.07) is -3.56. The Morgan fingerprint density at radius 3 is 2.21 bits per heavy atom. The molecule has 2 aliphatic heterocycles. The van der Waals surface area contributed by atoms with Gasteiger partial charge in [0.15, 0.2) is 0 Å². The van der Waals surface area contributed by atoms with Crippen molar-refractivity contribution in [3.8, 4) is 0 Å². The van der Waals surface area contributed by atoms with Crippen molar-refractivity contribution >= 4 is 29.6 Å². The topological polar surface area (TPSA) is 176 Å². The van der Waals surface area contributed by atoms with E-state index in [1.165, 1.54) is 16.7 Å². The van der Waals surface area contributed by atoms with Gasteiger partial charge < -0.3 is 31.7 Å². The van der Waals surface area contributed by atoms with Crippen molar-refractivity contribution in [2.24, 2.45) is 11.5 Å². The lowest BCUT2D eigenvalue weighted by atomic mass is 10.1. The van der Waals surface area contributed by atoms with Crippen LogP contribution in [0, 0.1) is 0 Å². The SMILES string of the molecule is CC(N)C(=O)NC(CCC(N)=O)C(=O)N1CCCC1C(=O)N1CCCC1C(=O)O. The first-order valence-electron chi connectivity index (χ1n) is 9.81. The Hall–Kier alpha value is -2.69. The number of amides is 4. The highest BCUT2D eigenvalue weighted by Crippen LogP contribution is 2.26. The third-order valence-electron chi connectivity index (χ3n) is 5.35. The molecule has 11 nitrogen and oxygen atoms in total. The lowest BCUT2D eigenvalue weighted by Gasteiger charge is -2.32. The van der Waals surface area contributed by atoms with Crippen LogP contribution in [0.25, 0.3) is 0 Å². The van der Waals surface area contributed by atoms with Gasteiger partial charge in [-0.25, -0.2) is 4.79 Å². The zero-order chi connectivity index (χ0) is 21.7. The Morgan fingerprint density at radius 2 is 1.66 bits per heavy atom. The highest BCUT2D eigenvalue weighted by molar-refractivity contribution is 5.95. The second kappa shape index (κ2) is 9.68. The highest BCUT2D eigenvalue weighted by atomic mass is 16.4. The summed E-state index contributed by atoms with van der Waals surface area (Å²) < 4.78 is 0. The van der Waals surface area contributed by atoms with E-state index in [4.69, 9.17) is 11.5 Å². The molecule has 0 aromatic rings. The van der Waals surface area contributed by atoms with Gasteiger partial charge in [0.25, 0.3) is 0 Å². The van der Waals surface area contributed by atoms with Gasteiger partial charge in [0.2, 0.25) is 23.6 Å². The summed E-state index contributed by atoms with van der Waals surface area (Å²) in [4.78, 5) is 63.3. The molecule has 4 atom stereocenters. The molecule has 0 aromatic carbocycles. The van der Waals surface area contributed by atoms with Crippen LogP contribution in [0.1, 0.15) is 45.4 Å². The maximum Gasteiger partial charge on any atom is 0.326 e. The lowest BCUT2D eigenvalue weighted by Crippen LogP contribution is -2.56. The molecule has 2 saturated heterocycles. The number of hydrogen-bond acceptors (Lipinski definition) is 6. The van der Waals surface area contributed by atoms with E-state index in [9.17, 15) is 29.1 Å². The van der Waals surface area contributed by atoms with Gasteiger partial charge in [-0.2, -0.15) is 0 Å². The molecule has 0 radical (unpaired) electrons. The van der Waals surface area contributed by atoms with Crippen molar-refractivity contribution in [1.29, 1.82) is 0 Å². The minimum atomic E-state index is -1.06. The normalized spacial score (nSPS) is 23.5. The summed E-state index contributed by atoms with van der Waals surface area (Å²) in [6.07, 6.45) is 1.85. The second-order valence-electron chi connectivity index (χ2n) is 7.57. The van der Waals surface area contributed by atoms with Crippen molar-refractivity contribution in [2.45, 2.75) is 69.6 Å². The molecule has 162 valence electrons. The number of carboxylic acid groups (broad SMARTS) is 1. The molecule has 29 heavy (non-hydrogen) atoms. The summed E-state index contributed by atoms with van der Waals surface area (Å²) in [5, 5.41) is 11.9. The molecule has 11 heteroatoms. The monoisotopic (exact) mass is 411 g/mol. The van der Waals surface area contributed by atoms with Gasteiger partial charge in [-0.15, -0.1) is 0 Å². The van der Waals surface area contributed by atoms with E-state index in [-0.39, 0.29) is 12.8 Å². The molecule has 4 amide bonds. The van der Waals surface area contributed by atoms with Crippen LogP contribution < -0.4 is 16.8 Å². The first kappa shape index (κ1) is 22.6. The zero-order valence-electron chi connectivity index (χ0n) is 16.5. The third-order valence-corrected chi connectivity index (χ3v) is 5.35. The predicted molar refractivity (Wildman–Crippen MR) is 101 cm³/mol. The number of nitrogens with zero attached hydrogens (tertiary/aromatic N) is 2. The van der Waals surface area contributed by atoms with E-state index in [1.54, 1.807) is 0 Å². The molecule has 2 rings (SSSR count). The van der Waals surface area contributed by atoms with Crippen LogP contribution in [-0.4, -0.2) is 81.8 Å².